The number of carbonyl (C=O) groups excluding carboxylic acids is 1. The van der Waals surface area contributed by atoms with Crippen LogP contribution < -0.4 is 21.3 Å². The maximum Gasteiger partial charge on any atom is 0.315 e. The molecule has 2 saturated carbocycles. The van der Waals surface area contributed by atoms with Crippen molar-refractivity contribution in [2.24, 2.45) is 11.3 Å². The van der Waals surface area contributed by atoms with Gasteiger partial charge in [0.05, 0.1) is 27.6 Å². The highest BCUT2D eigenvalue weighted by atomic mass is 32.1. The smallest absolute Gasteiger partial charge is 0.315 e. The Morgan fingerprint density at radius 1 is 1.16 bits per heavy atom. The largest absolute Gasteiger partial charge is 0.392 e. The first kappa shape index (κ1) is 25.7. The molecule has 2 fully saturated rings. The lowest BCUT2D eigenvalue weighted by molar-refractivity contribution is 0.172. The Balaban J connectivity index is 1.41. The van der Waals surface area contributed by atoms with E-state index in [1.165, 1.54) is 0 Å². The number of nitrogens with one attached hydrogen (secondary N) is 4. The number of aryl methyl sites for hydroxylation is 1. The van der Waals surface area contributed by atoms with Crippen molar-refractivity contribution in [3.8, 4) is 10.6 Å². The first-order valence-electron chi connectivity index (χ1n) is 12.9. The van der Waals surface area contributed by atoms with Crippen molar-refractivity contribution < 1.29 is 9.90 Å². The van der Waals surface area contributed by atoms with Gasteiger partial charge in [-0.1, -0.05) is 19.1 Å². The van der Waals surface area contributed by atoms with Crippen molar-refractivity contribution in [2.45, 2.75) is 71.6 Å². The van der Waals surface area contributed by atoms with Crippen molar-refractivity contribution in [3.63, 3.8) is 0 Å². The van der Waals surface area contributed by atoms with Gasteiger partial charge in [0, 0.05) is 29.6 Å². The molecule has 0 spiro atoms. The Bertz CT molecular complexity index is 1300. The zero-order chi connectivity index (χ0) is 26.6. The molecule has 5 rings (SSSR count). The van der Waals surface area contributed by atoms with E-state index in [-0.39, 0.29) is 28.6 Å². The minimum Gasteiger partial charge on any atom is -0.392 e. The minimum atomic E-state index is -0.298. The Morgan fingerprint density at radius 3 is 2.59 bits per heavy atom. The molecule has 37 heavy (non-hydrogen) atoms. The van der Waals surface area contributed by atoms with Crippen molar-refractivity contribution >= 4 is 39.4 Å². The summed E-state index contributed by atoms with van der Waals surface area (Å²) in [7, 11) is 0. The number of thiazole rings is 1. The van der Waals surface area contributed by atoms with Crippen LogP contribution in [0, 0.1) is 18.3 Å². The Morgan fingerprint density at radius 2 is 1.92 bits per heavy atom. The van der Waals surface area contributed by atoms with E-state index in [2.05, 4.69) is 41.2 Å². The van der Waals surface area contributed by atoms with E-state index >= 15 is 0 Å². The number of amides is 2. The number of aliphatic hydroxyl groups excluding tert-OH is 1. The molecule has 5 N–H and O–H groups in total. The summed E-state index contributed by atoms with van der Waals surface area (Å²) in [6, 6.07) is 7.89. The van der Waals surface area contributed by atoms with Gasteiger partial charge in [0.15, 0.2) is 0 Å². The predicted octanol–water partition coefficient (Wildman–Crippen LogP) is 4.53. The summed E-state index contributed by atoms with van der Waals surface area (Å²) < 4.78 is 1.11. The quantitative estimate of drug-likeness (QED) is 0.288. The maximum absolute atomic E-state index is 12.1. The molecule has 1 aromatic carbocycles. The SMILES string of the molecule is Cc1nc(NCCNC(=O)NC(C)(C)C)nc(NC2(C)CCC3C(O)C32C)c1-c1nc2ccccc2s1. The third kappa shape index (κ3) is 4.72. The summed E-state index contributed by atoms with van der Waals surface area (Å²) in [5.41, 5.74) is 1.87. The molecule has 4 atom stereocenters. The summed E-state index contributed by atoms with van der Waals surface area (Å²) in [5, 5.41) is 24.2. The molecule has 9 nitrogen and oxygen atoms in total. The molecule has 0 saturated heterocycles. The standard InChI is InChI=1S/C27H37N7O2S/c1-15-19(22-31-17-9-7-8-10-18(17)37-22)21(33-26(5)12-11-16-20(35)27(16,26)6)32-23(30-15)28-13-14-29-24(36)34-25(2,3)4/h7-10,16,20,35H,11-14H2,1-6H3,(H2,29,34,36)(H2,28,30,32,33). The van der Waals surface area contributed by atoms with Crippen molar-refractivity contribution in [1.29, 1.82) is 0 Å². The molecular formula is C27H37N7O2S. The fourth-order valence-corrected chi connectivity index (χ4v) is 6.72. The number of hydrogen-bond acceptors (Lipinski definition) is 8. The summed E-state index contributed by atoms with van der Waals surface area (Å²) in [4.78, 5) is 26.6. The number of carbonyl (C=O) groups is 1. The predicted molar refractivity (Wildman–Crippen MR) is 149 cm³/mol. The number of para-hydroxylation sites is 1. The lowest BCUT2D eigenvalue weighted by atomic mass is 9.84. The van der Waals surface area contributed by atoms with Crippen LogP contribution in [0.3, 0.4) is 0 Å². The average Bonchev–Trinajstić information content (AvgIpc) is 3.09. The summed E-state index contributed by atoms with van der Waals surface area (Å²) in [6.07, 6.45) is 1.66. The molecular weight excluding hydrogens is 486 g/mol. The highest BCUT2D eigenvalue weighted by Gasteiger charge is 2.73. The van der Waals surface area contributed by atoms with E-state index in [0.29, 0.717) is 25.0 Å². The van der Waals surface area contributed by atoms with Gasteiger partial charge in [0.1, 0.15) is 10.8 Å². The zero-order valence-corrected chi connectivity index (χ0v) is 23.2. The molecule has 2 heterocycles. The number of aliphatic hydroxyl groups is 1. The van der Waals surface area contributed by atoms with Crippen LogP contribution in [0.5, 0.6) is 0 Å². The Labute approximate surface area is 221 Å². The number of anilines is 2. The molecule has 10 heteroatoms. The second-order valence-corrected chi connectivity index (χ2v) is 12.8. The number of nitrogens with zero attached hydrogens (tertiary/aromatic N) is 3. The number of hydrogen-bond donors (Lipinski definition) is 5. The van der Waals surface area contributed by atoms with E-state index < -0.39 is 0 Å². The maximum atomic E-state index is 12.1. The Hall–Kier alpha value is -2.98. The molecule has 198 valence electrons. The van der Waals surface area contributed by atoms with E-state index in [1.54, 1.807) is 11.3 Å². The van der Waals surface area contributed by atoms with E-state index in [9.17, 15) is 9.90 Å². The molecule has 0 radical (unpaired) electrons. The summed E-state index contributed by atoms with van der Waals surface area (Å²) in [6.45, 7) is 13.1. The topological polar surface area (TPSA) is 124 Å². The summed E-state index contributed by atoms with van der Waals surface area (Å²) in [5.74, 6) is 1.53. The van der Waals surface area contributed by atoms with E-state index in [0.717, 1.165) is 45.1 Å². The second kappa shape index (κ2) is 9.09. The van der Waals surface area contributed by atoms with Crippen LogP contribution in [0.2, 0.25) is 0 Å². The molecule has 2 aliphatic carbocycles. The van der Waals surface area contributed by atoms with E-state index in [1.807, 2.05) is 45.9 Å². The van der Waals surface area contributed by atoms with Gasteiger partial charge in [-0.3, -0.25) is 0 Å². The minimum absolute atomic E-state index is 0.186. The van der Waals surface area contributed by atoms with Crippen molar-refractivity contribution in [1.82, 2.24) is 25.6 Å². The van der Waals surface area contributed by atoms with Gasteiger partial charge in [-0.15, -0.1) is 11.3 Å². The Kier molecular flexibility index (Phi) is 6.31. The van der Waals surface area contributed by atoms with Crippen LogP contribution in [0.25, 0.3) is 20.8 Å². The average molecular weight is 524 g/mol. The molecule has 0 aliphatic heterocycles. The third-order valence-electron chi connectivity index (χ3n) is 7.98. The molecule has 3 aromatic rings. The van der Waals surface area contributed by atoms with Gasteiger partial charge in [-0.25, -0.2) is 14.8 Å². The number of urea groups is 1. The number of aromatic nitrogens is 3. The van der Waals surface area contributed by atoms with Gasteiger partial charge < -0.3 is 26.4 Å². The highest BCUT2D eigenvalue weighted by Crippen LogP contribution is 2.68. The van der Waals surface area contributed by atoms with Crippen molar-refractivity contribution in [2.75, 3.05) is 23.7 Å². The first-order chi connectivity index (χ1) is 17.4. The normalized spacial score (nSPS) is 26.6. The lowest BCUT2D eigenvalue weighted by Gasteiger charge is -2.36. The highest BCUT2D eigenvalue weighted by molar-refractivity contribution is 7.21. The van der Waals surface area contributed by atoms with Crippen LogP contribution in [-0.4, -0.2) is 56.4 Å². The molecule has 4 unspecified atom stereocenters. The van der Waals surface area contributed by atoms with Gasteiger partial charge in [0.2, 0.25) is 5.95 Å². The second-order valence-electron chi connectivity index (χ2n) is 11.7. The third-order valence-corrected chi connectivity index (χ3v) is 9.03. The summed E-state index contributed by atoms with van der Waals surface area (Å²) >= 11 is 1.63. The van der Waals surface area contributed by atoms with Gasteiger partial charge >= 0.3 is 6.03 Å². The van der Waals surface area contributed by atoms with Crippen LogP contribution in [0.1, 0.15) is 53.2 Å². The monoisotopic (exact) mass is 523 g/mol. The lowest BCUT2D eigenvalue weighted by Crippen LogP contribution is -2.47. The van der Waals surface area contributed by atoms with Crippen LogP contribution in [0.4, 0.5) is 16.6 Å². The fourth-order valence-electron chi connectivity index (χ4n) is 5.66. The van der Waals surface area contributed by atoms with Gasteiger partial charge in [-0.2, -0.15) is 4.98 Å². The van der Waals surface area contributed by atoms with E-state index in [4.69, 9.17) is 15.0 Å². The van der Waals surface area contributed by atoms with Crippen LogP contribution in [-0.2, 0) is 0 Å². The van der Waals surface area contributed by atoms with Crippen molar-refractivity contribution in [3.05, 3.63) is 30.0 Å². The number of rotatable bonds is 7. The molecule has 2 aliphatic rings. The number of fused-ring (bicyclic) bond motifs is 2. The molecule has 2 aromatic heterocycles. The molecule has 0 bridgehead atoms. The van der Waals surface area contributed by atoms with Gasteiger partial charge in [-0.05, 0) is 65.5 Å². The van der Waals surface area contributed by atoms with Crippen LogP contribution in [0.15, 0.2) is 24.3 Å². The fraction of sp³-hybridized carbons (Fsp3) is 0.556. The van der Waals surface area contributed by atoms with Crippen LogP contribution >= 0.6 is 11.3 Å². The first-order valence-corrected chi connectivity index (χ1v) is 13.7. The molecule has 2 amide bonds. The number of benzene rings is 1. The van der Waals surface area contributed by atoms with Gasteiger partial charge in [0.25, 0.3) is 0 Å². The zero-order valence-electron chi connectivity index (χ0n) is 22.4.